The Hall–Kier alpha value is -2.15. The Labute approximate surface area is 140 Å². The molecule has 0 atom stereocenters. The van der Waals surface area contributed by atoms with E-state index in [1.54, 1.807) is 0 Å². The molecule has 6 nitrogen and oxygen atoms in total. The molecule has 0 saturated carbocycles. The van der Waals surface area contributed by atoms with Crippen molar-refractivity contribution >= 4 is 28.4 Å². The number of amides is 2. The van der Waals surface area contributed by atoms with E-state index in [4.69, 9.17) is 4.74 Å². The number of aryl methyl sites for hydroxylation is 2. The summed E-state index contributed by atoms with van der Waals surface area (Å²) in [5.41, 5.74) is 1.71. The minimum Gasteiger partial charge on any atom is -0.491 e. The van der Waals surface area contributed by atoms with Crippen LogP contribution in [0.5, 0.6) is 5.75 Å². The summed E-state index contributed by atoms with van der Waals surface area (Å²) in [6.45, 7) is 8.71. The van der Waals surface area contributed by atoms with Gasteiger partial charge in [-0.05, 0) is 30.5 Å². The van der Waals surface area contributed by atoms with Crippen molar-refractivity contribution in [2.24, 2.45) is 5.92 Å². The Balaban J connectivity index is 2.04. The van der Waals surface area contributed by atoms with E-state index >= 15 is 0 Å². The molecule has 0 spiro atoms. The van der Waals surface area contributed by atoms with Gasteiger partial charge in [-0.25, -0.2) is 9.78 Å². The minimum absolute atomic E-state index is 0.359. The van der Waals surface area contributed by atoms with Gasteiger partial charge in [-0.2, -0.15) is 4.37 Å². The fourth-order valence-electron chi connectivity index (χ4n) is 1.81. The number of anilines is 2. The van der Waals surface area contributed by atoms with Gasteiger partial charge in [0.1, 0.15) is 11.6 Å². The molecule has 2 rings (SSSR count). The number of carbonyl (C=O) groups is 1. The van der Waals surface area contributed by atoms with Gasteiger partial charge in [-0.1, -0.05) is 26.8 Å². The molecule has 1 aromatic carbocycles. The van der Waals surface area contributed by atoms with Crippen LogP contribution in [0.2, 0.25) is 0 Å². The molecule has 7 heteroatoms. The highest BCUT2D eigenvalue weighted by Crippen LogP contribution is 2.26. The second-order valence-corrected chi connectivity index (χ2v) is 6.40. The summed E-state index contributed by atoms with van der Waals surface area (Å²) >= 11 is 1.17. The van der Waals surface area contributed by atoms with Gasteiger partial charge in [0.2, 0.25) is 5.13 Å². The molecular formula is C16H22N4O2S. The summed E-state index contributed by atoms with van der Waals surface area (Å²) in [5.74, 6) is 1.80. The molecule has 0 aliphatic rings. The zero-order valence-electron chi connectivity index (χ0n) is 13.8. The predicted octanol–water partition coefficient (Wildman–Crippen LogP) is 4.09. The lowest BCUT2D eigenvalue weighted by molar-refractivity contribution is 0.260. The molecule has 2 aromatic rings. The maximum Gasteiger partial charge on any atom is 0.325 e. The summed E-state index contributed by atoms with van der Waals surface area (Å²) in [4.78, 5) is 16.3. The lowest BCUT2D eigenvalue weighted by atomic mass is 10.2. The molecule has 2 N–H and O–H groups in total. The van der Waals surface area contributed by atoms with Crippen molar-refractivity contribution < 1.29 is 9.53 Å². The third-order valence-electron chi connectivity index (χ3n) is 2.96. The molecule has 0 fully saturated rings. The lowest BCUT2D eigenvalue weighted by Crippen LogP contribution is -2.20. The first-order valence-electron chi connectivity index (χ1n) is 7.62. The highest BCUT2D eigenvalue weighted by molar-refractivity contribution is 7.09. The molecule has 0 aliphatic carbocycles. The van der Waals surface area contributed by atoms with Gasteiger partial charge in [-0.3, -0.25) is 5.32 Å². The molecule has 1 heterocycles. The van der Waals surface area contributed by atoms with E-state index in [1.165, 1.54) is 11.5 Å². The lowest BCUT2D eigenvalue weighted by Gasteiger charge is -2.14. The first-order valence-corrected chi connectivity index (χ1v) is 8.39. The molecule has 0 bridgehead atoms. The van der Waals surface area contributed by atoms with Crippen molar-refractivity contribution in [3.63, 3.8) is 0 Å². The summed E-state index contributed by atoms with van der Waals surface area (Å²) < 4.78 is 9.92. The molecule has 0 radical (unpaired) electrons. The van der Waals surface area contributed by atoms with Gasteiger partial charge < -0.3 is 10.1 Å². The molecule has 124 valence electrons. The normalized spacial score (nSPS) is 10.7. The van der Waals surface area contributed by atoms with E-state index in [0.717, 1.165) is 17.8 Å². The average molecular weight is 334 g/mol. The molecule has 0 saturated heterocycles. The Morgan fingerprint density at radius 2 is 2.13 bits per heavy atom. The number of aromatic nitrogens is 2. The Bertz CT molecular complexity index is 670. The van der Waals surface area contributed by atoms with Crippen LogP contribution in [0.1, 0.15) is 32.2 Å². The van der Waals surface area contributed by atoms with Gasteiger partial charge >= 0.3 is 6.03 Å². The van der Waals surface area contributed by atoms with Crippen molar-refractivity contribution in [3.8, 4) is 5.75 Å². The van der Waals surface area contributed by atoms with E-state index in [1.807, 2.05) is 32.0 Å². The van der Waals surface area contributed by atoms with Crippen molar-refractivity contribution in [3.05, 3.63) is 29.6 Å². The third-order valence-corrected chi connectivity index (χ3v) is 3.63. The number of rotatable bonds is 6. The molecule has 0 aliphatic heterocycles. The van der Waals surface area contributed by atoms with Crippen LogP contribution in [-0.4, -0.2) is 22.0 Å². The van der Waals surface area contributed by atoms with E-state index in [0.29, 0.717) is 29.1 Å². The zero-order chi connectivity index (χ0) is 16.8. The van der Waals surface area contributed by atoms with Gasteiger partial charge in [0, 0.05) is 18.0 Å². The van der Waals surface area contributed by atoms with Crippen molar-refractivity contribution in [2.75, 3.05) is 17.2 Å². The van der Waals surface area contributed by atoms with Crippen molar-refractivity contribution in [2.45, 2.75) is 34.1 Å². The summed E-state index contributed by atoms with van der Waals surface area (Å²) in [6.07, 6.45) is 0.741. The van der Waals surface area contributed by atoms with Crippen LogP contribution >= 0.6 is 11.5 Å². The number of nitrogens with one attached hydrogen (secondary N) is 2. The maximum atomic E-state index is 12.1. The topological polar surface area (TPSA) is 76.1 Å². The van der Waals surface area contributed by atoms with E-state index in [-0.39, 0.29) is 6.03 Å². The van der Waals surface area contributed by atoms with Crippen LogP contribution in [0.3, 0.4) is 0 Å². The highest BCUT2D eigenvalue weighted by atomic mass is 32.1. The first-order chi connectivity index (χ1) is 11.0. The fourth-order valence-corrected chi connectivity index (χ4v) is 2.45. The van der Waals surface area contributed by atoms with Crippen LogP contribution in [-0.2, 0) is 6.42 Å². The number of carbonyl (C=O) groups excluding carboxylic acids is 1. The molecule has 0 unspecified atom stereocenters. The van der Waals surface area contributed by atoms with Crippen LogP contribution in [0, 0.1) is 12.8 Å². The Kier molecular flexibility index (Phi) is 5.92. The fraction of sp³-hybridized carbons (Fsp3) is 0.438. The predicted molar refractivity (Wildman–Crippen MR) is 93.4 cm³/mol. The van der Waals surface area contributed by atoms with Crippen LogP contribution in [0.4, 0.5) is 15.6 Å². The quantitative estimate of drug-likeness (QED) is 0.834. The molecule has 2 amide bonds. The van der Waals surface area contributed by atoms with Crippen LogP contribution in [0.25, 0.3) is 0 Å². The smallest absolute Gasteiger partial charge is 0.325 e. The van der Waals surface area contributed by atoms with Crippen LogP contribution in [0.15, 0.2) is 18.2 Å². The van der Waals surface area contributed by atoms with Crippen molar-refractivity contribution in [1.82, 2.24) is 9.36 Å². The summed E-state index contributed by atoms with van der Waals surface area (Å²) in [6, 6.07) is 5.32. The SMILES string of the molecule is CCc1nsc(NC(=O)Nc2ccc(C)cc2OCC(C)C)n1. The molecule has 23 heavy (non-hydrogen) atoms. The third kappa shape index (κ3) is 5.21. The van der Waals surface area contributed by atoms with Gasteiger partial charge in [0.05, 0.1) is 12.3 Å². The largest absolute Gasteiger partial charge is 0.491 e. The number of nitrogens with zero attached hydrogens (tertiary/aromatic N) is 2. The number of benzene rings is 1. The van der Waals surface area contributed by atoms with Gasteiger partial charge in [-0.15, -0.1) is 0 Å². The zero-order valence-corrected chi connectivity index (χ0v) is 14.7. The number of hydrogen-bond acceptors (Lipinski definition) is 5. The number of hydrogen-bond donors (Lipinski definition) is 2. The molecule has 1 aromatic heterocycles. The van der Waals surface area contributed by atoms with Crippen molar-refractivity contribution in [1.29, 1.82) is 0 Å². The summed E-state index contributed by atoms with van der Waals surface area (Å²) in [7, 11) is 0. The number of urea groups is 1. The van der Waals surface area contributed by atoms with Gasteiger partial charge in [0.15, 0.2) is 0 Å². The standard InChI is InChI=1S/C16H22N4O2S/c1-5-14-18-16(23-20-14)19-15(21)17-12-7-6-11(4)8-13(12)22-9-10(2)3/h6-8,10H,5,9H2,1-4H3,(H2,17,18,19,20,21). The Morgan fingerprint density at radius 1 is 1.35 bits per heavy atom. The summed E-state index contributed by atoms with van der Waals surface area (Å²) in [5, 5.41) is 5.97. The van der Waals surface area contributed by atoms with Gasteiger partial charge in [0.25, 0.3) is 0 Å². The minimum atomic E-state index is -0.359. The highest BCUT2D eigenvalue weighted by Gasteiger charge is 2.11. The van der Waals surface area contributed by atoms with Crippen LogP contribution < -0.4 is 15.4 Å². The average Bonchev–Trinajstić information content (AvgIpc) is 2.94. The molecular weight excluding hydrogens is 312 g/mol. The number of ether oxygens (including phenoxy) is 1. The van der Waals surface area contributed by atoms with E-state index < -0.39 is 0 Å². The monoisotopic (exact) mass is 334 g/mol. The second kappa shape index (κ2) is 7.92. The second-order valence-electron chi connectivity index (χ2n) is 5.65. The Morgan fingerprint density at radius 3 is 2.78 bits per heavy atom. The maximum absolute atomic E-state index is 12.1. The first kappa shape index (κ1) is 17.2. The van der Waals surface area contributed by atoms with E-state index in [2.05, 4.69) is 33.8 Å². The van der Waals surface area contributed by atoms with E-state index in [9.17, 15) is 4.79 Å².